The number of carbonyl (C=O) groups is 1. The van der Waals surface area contributed by atoms with E-state index >= 15 is 0 Å². The summed E-state index contributed by atoms with van der Waals surface area (Å²) in [6, 6.07) is 3.74. The van der Waals surface area contributed by atoms with Crippen LogP contribution in [0.25, 0.3) is 0 Å². The quantitative estimate of drug-likeness (QED) is 0.552. The van der Waals surface area contributed by atoms with Gasteiger partial charge in [0.05, 0.1) is 0 Å². The van der Waals surface area contributed by atoms with E-state index in [1.807, 2.05) is 0 Å². The lowest BCUT2D eigenvalue weighted by Gasteiger charge is -2.32. The van der Waals surface area contributed by atoms with Crippen molar-refractivity contribution in [3.8, 4) is 0 Å². The molecule has 0 saturated carbocycles. The lowest BCUT2D eigenvalue weighted by Crippen LogP contribution is -2.70. The number of carboxylic acids is 1. The summed E-state index contributed by atoms with van der Waals surface area (Å²) in [6.45, 7) is 1.67. The fourth-order valence-corrected chi connectivity index (χ4v) is 3.26. The topological polar surface area (TPSA) is 153 Å². The van der Waals surface area contributed by atoms with Crippen LogP contribution in [0, 0.1) is 10.1 Å². The summed E-state index contributed by atoms with van der Waals surface area (Å²) < 4.78 is 24.7. The maximum Gasteiger partial charge on any atom is 0.347 e. The molecular weight excluding hydrogens is 290 g/mol. The fourth-order valence-electron chi connectivity index (χ4n) is 1.51. The molecule has 0 amide bonds. The van der Waals surface area contributed by atoms with E-state index in [9.17, 15) is 28.4 Å². The Morgan fingerprint density at radius 2 is 2.00 bits per heavy atom. The molecule has 0 unspecified atom stereocenters. The van der Waals surface area contributed by atoms with Crippen LogP contribution in [0.15, 0.2) is 29.4 Å². The Morgan fingerprint density at radius 1 is 1.45 bits per heavy atom. The third kappa shape index (κ3) is 2.02. The van der Waals surface area contributed by atoms with Crippen LogP contribution < -0.4 is 5.73 Å². The minimum atomic E-state index is -4.78. The van der Waals surface area contributed by atoms with Crippen LogP contribution in [-0.4, -0.2) is 39.8 Å². The zero-order valence-electron chi connectivity index (χ0n) is 10.7. The van der Waals surface area contributed by atoms with Gasteiger partial charge in [0.1, 0.15) is 0 Å². The zero-order valence-corrected chi connectivity index (χ0v) is 11.5. The van der Waals surface area contributed by atoms with Crippen molar-refractivity contribution >= 4 is 15.8 Å². The number of nitrogens with two attached hydrogens (primary N) is 1. The molecule has 0 aliphatic heterocycles. The van der Waals surface area contributed by atoms with E-state index in [0.717, 1.165) is 26.1 Å². The van der Waals surface area contributed by atoms with Gasteiger partial charge in [-0.25, -0.2) is 18.2 Å². The molecule has 0 spiro atoms. The number of pyridine rings is 1. The molecule has 0 aliphatic carbocycles. The van der Waals surface area contributed by atoms with Gasteiger partial charge in [-0.3, -0.25) is 15.8 Å². The fraction of sp³-hybridized carbons (Fsp3) is 0.400. The number of aliphatic carboxylic acids is 1. The summed E-state index contributed by atoms with van der Waals surface area (Å²) >= 11 is 0. The molecule has 1 heterocycles. The van der Waals surface area contributed by atoms with E-state index in [4.69, 9.17) is 5.73 Å². The van der Waals surface area contributed by atoms with E-state index in [0.29, 0.717) is 0 Å². The van der Waals surface area contributed by atoms with Crippen molar-refractivity contribution < 1.29 is 23.2 Å². The Labute approximate surface area is 114 Å². The third-order valence-corrected chi connectivity index (χ3v) is 5.33. The number of aromatic nitrogens is 1. The molecule has 3 N–H and O–H groups in total. The Morgan fingerprint density at radius 3 is 2.35 bits per heavy atom. The summed E-state index contributed by atoms with van der Waals surface area (Å²) in [7, 11) is -4.78. The second-order valence-corrected chi connectivity index (χ2v) is 6.60. The Bertz CT molecular complexity index is 642. The highest BCUT2D eigenvalue weighted by Gasteiger charge is 2.67. The number of rotatable bonds is 5. The standard InChI is InChI=1S/C10H13N3O6S/c1-9(2,13(16)17)10(11,8(14)15)20(18,19)7-5-3-4-6-12-7/h3-6H,11H2,1-2H3,(H,14,15)/t10-/m0/s1. The van der Waals surface area contributed by atoms with Crippen LogP contribution >= 0.6 is 0 Å². The molecule has 0 aliphatic rings. The first-order chi connectivity index (χ1) is 8.99. The smallest absolute Gasteiger partial charge is 0.347 e. The highest BCUT2D eigenvalue weighted by molar-refractivity contribution is 7.93. The van der Waals surface area contributed by atoms with Gasteiger partial charge in [-0.15, -0.1) is 0 Å². The molecule has 0 saturated heterocycles. The summed E-state index contributed by atoms with van der Waals surface area (Å²) in [5.74, 6) is -2.02. The van der Waals surface area contributed by atoms with Gasteiger partial charge in [0.15, 0.2) is 5.03 Å². The molecule has 0 radical (unpaired) electrons. The molecule has 0 bridgehead atoms. The maximum absolute atomic E-state index is 12.4. The Hall–Kier alpha value is -2.07. The molecular formula is C10H13N3O6S. The van der Waals surface area contributed by atoms with E-state index in [2.05, 4.69) is 4.98 Å². The van der Waals surface area contributed by atoms with Crippen LogP contribution in [0.5, 0.6) is 0 Å². The molecule has 9 nitrogen and oxygen atoms in total. The van der Waals surface area contributed by atoms with Gasteiger partial charge in [0.25, 0.3) is 10.4 Å². The number of carboxylic acid groups (broad SMARTS) is 1. The summed E-state index contributed by atoms with van der Waals surface area (Å²) in [5, 5.41) is 19.6. The number of nitro groups is 1. The Balaban J connectivity index is 3.66. The average molecular weight is 303 g/mol. The van der Waals surface area contributed by atoms with Gasteiger partial charge in [0.2, 0.25) is 9.84 Å². The minimum Gasteiger partial charge on any atom is -0.479 e. The van der Waals surface area contributed by atoms with Gasteiger partial charge in [-0.1, -0.05) is 6.07 Å². The number of sulfone groups is 1. The number of hydrogen-bond acceptors (Lipinski definition) is 7. The first-order valence-corrected chi connectivity index (χ1v) is 6.80. The molecule has 20 heavy (non-hydrogen) atoms. The number of hydrogen-bond donors (Lipinski definition) is 2. The molecule has 1 rings (SSSR count). The minimum absolute atomic E-state index is 0.639. The van der Waals surface area contributed by atoms with E-state index < -0.39 is 36.2 Å². The van der Waals surface area contributed by atoms with E-state index in [-0.39, 0.29) is 0 Å². The van der Waals surface area contributed by atoms with Crippen LogP contribution in [-0.2, 0) is 14.6 Å². The highest BCUT2D eigenvalue weighted by Crippen LogP contribution is 2.32. The predicted octanol–water partition coefficient (Wildman–Crippen LogP) is -0.350. The normalized spacial score (nSPS) is 15.3. The average Bonchev–Trinajstić information content (AvgIpc) is 2.37. The largest absolute Gasteiger partial charge is 0.479 e. The predicted molar refractivity (Wildman–Crippen MR) is 67.1 cm³/mol. The van der Waals surface area contributed by atoms with Crippen molar-refractivity contribution in [1.82, 2.24) is 4.98 Å². The van der Waals surface area contributed by atoms with Crippen molar-refractivity contribution in [2.75, 3.05) is 0 Å². The second-order valence-electron chi connectivity index (χ2n) is 4.53. The van der Waals surface area contributed by atoms with Crippen LogP contribution in [0.3, 0.4) is 0 Å². The van der Waals surface area contributed by atoms with Gasteiger partial charge in [-0.05, 0) is 12.1 Å². The summed E-state index contributed by atoms with van der Waals surface area (Å²) in [6.07, 6.45) is 1.12. The number of nitrogens with zero attached hydrogens (tertiary/aromatic N) is 2. The van der Waals surface area contributed by atoms with Crippen molar-refractivity contribution in [3.63, 3.8) is 0 Å². The highest BCUT2D eigenvalue weighted by atomic mass is 32.2. The van der Waals surface area contributed by atoms with Gasteiger partial charge >= 0.3 is 5.97 Å². The maximum atomic E-state index is 12.4. The van der Waals surface area contributed by atoms with Crippen molar-refractivity contribution in [2.24, 2.45) is 5.73 Å². The van der Waals surface area contributed by atoms with Gasteiger partial charge < -0.3 is 5.11 Å². The third-order valence-electron chi connectivity index (χ3n) is 3.02. The molecule has 1 atom stereocenters. The lowest BCUT2D eigenvalue weighted by molar-refractivity contribution is -0.564. The summed E-state index contributed by atoms with van der Waals surface area (Å²) in [4.78, 5) is 21.7. The van der Waals surface area contributed by atoms with Crippen LogP contribution in [0.4, 0.5) is 0 Å². The van der Waals surface area contributed by atoms with E-state index in [1.165, 1.54) is 12.1 Å². The SMILES string of the molecule is CC(C)([N+](=O)[O-])[C@](N)(C(=O)O)S(=O)(=O)c1ccccn1. The first-order valence-electron chi connectivity index (χ1n) is 5.32. The van der Waals surface area contributed by atoms with Crippen molar-refractivity contribution in [3.05, 3.63) is 34.5 Å². The molecule has 0 aromatic carbocycles. The van der Waals surface area contributed by atoms with Crippen LogP contribution in [0.2, 0.25) is 0 Å². The summed E-state index contributed by atoms with van der Waals surface area (Å²) in [5.41, 5.74) is 3.00. The van der Waals surface area contributed by atoms with Crippen LogP contribution in [0.1, 0.15) is 13.8 Å². The lowest BCUT2D eigenvalue weighted by atomic mass is 9.95. The molecule has 110 valence electrons. The zero-order chi connectivity index (χ0) is 15.8. The first kappa shape index (κ1) is 16.0. The second kappa shape index (κ2) is 4.80. The molecule has 1 aromatic rings. The van der Waals surface area contributed by atoms with Crippen molar-refractivity contribution in [1.29, 1.82) is 0 Å². The van der Waals surface area contributed by atoms with Gasteiger partial charge in [-0.2, -0.15) is 0 Å². The molecule has 1 aromatic heterocycles. The van der Waals surface area contributed by atoms with E-state index in [1.54, 1.807) is 0 Å². The molecule has 0 fully saturated rings. The van der Waals surface area contributed by atoms with Gasteiger partial charge in [0, 0.05) is 25.0 Å². The Kier molecular flexibility index (Phi) is 3.83. The van der Waals surface area contributed by atoms with Crippen molar-refractivity contribution in [2.45, 2.75) is 29.3 Å². The molecule has 10 heteroatoms. The monoisotopic (exact) mass is 303 g/mol.